The largest absolute Gasteiger partial charge is 0.370 e. The zero-order chi connectivity index (χ0) is 11.4. The summed E-state index contributed by atoms with van der Waals surface area (Å²) < 4.78 is 0. The summed E-state index contributed by atoms with van der Waals surface area (Å²) in [4.78, 5) is 13.2. The summed E-state index contributed by atoms with van der Waals surface area (Å²) in [7, 11) is 0. The Morgan fingerprint density at radius 3 is 2.50 bits per heavy atom. The fourth-order valence-corrected chi connectivity index (χ4v) is 2.38. The average molecular weight is 225 g/mol. The summed E-state index contributed by atoms with van der Waals surface area (Å²) in [5, 5.41) is 3.41. The summed E-state index contributed by atoms with van der Waals surface area (Å²) in [6.45, 7) is 4.48. The Morgan fingerprint density at radius 2 is 1.94 bits per heavy atom. The highest BCUT2D eigenvalue weighted by molar-refractivity contribution is 5.73. The van der Waals surface area contributed by atoms with Crippen molar-refractivity contribution in [3.63, 3.8) is 0 Å². The fourth-order valence-electron chi connectivity index (χ4n) is 2.38. The molecule has 1 saturated carbocycles. The van der Waals surface area contributed by atoms with Gasteiger partial charge in [0.25, 0.3) is 0 Å². The van der Waals surface area contributed by atoms with Crippen LogP contribution in [0.5, 0.6) is 0 Å². The van der Waals surface area contributed by atoms with E-state index in [1.807, 2.05) is 0 Å². The van der Waals surface area contributed by atoms with Gasteiger partial charge in [-0.3, -0.25) is 4.79 Å². The number of hydrogen-bond donors (Lipinski definition) is 2. The molecule has 0 spiro atoms. The first kappa shape index (κ1) is 11.9. The topological polar surface area (TPSA) is 58.4 Å². The van der Waals surface area contributed by atoms with Crippen molar-refractivity contribution in [2.75, 3.05) is 26.2 Å². The molecule has 0 atom stereocenters. The molecule has 2 rings (SSSR count). The van der Waals surface area contributed by atoms with Gasteiger partial charge in [0, 0.05) is 25.6 Å². The molecule has 2 fully saturated rings. The molecule has 3 N–H and O–H groups in total. The van der Waals surface area contributed by atoms with Crippen molar-refractivity contribution in [1.29, 1.82) is 0 Å². The molecule has 4 nitrogen and oxygen atoms in total. The van der Waals surface area contributed by atoms with Gasteiger partial charge in [-0.25, -0.2) is 0 Å². The zero-order valence-electron chi connectivity index (χ0n) is 9.95. The Balaban J connectivity index is 1.55. The number of hydrogen-bond acceptors (Lipinski definition) is 3. The van der Waals surface area contributed by atoms with Crippen molar-refractivity contribution in [3.8, 4) is 0 Å². The number of nitrogens with one attached hydrogen (secondary N) is 1. The van der Waals surface area contributed by atoms with Gasteiger partial charge in [0.15, 0.2) is 0 Å². The Bertz CT molecular complexity index is 232. The van der Waals surface area contributed by atoms with E-state index in [0.29, 0.717) is 12.5 Å². The Kier molecular flexibility index (Phi) is 4.18. The van der Waals surface area contributed by atoms with Crippen molar-refractivity contribution >= 4 is 5.91 Å². The number of carbonyl (C=O) groups excluding carboxylic acids is 1. The molecule has 1 saturated heterocycles. The molecular formula is C12H23N3O. The van der Waals surface area contributed by atoms with Crippen LogP contribution in [0.1, 0.15) is 32.1 Å². The molecule has 0 unspecified atom stereocenters. The predicted octanol–water partition coefficient (Wildman–Crippen LogP) is 0.326. The first-order valence-corrected chi connectivity index (χ1v) is 6.48. The average Bonchev–Trinajstić information content (AvgIpc) is 3.04. The van der Waals surface area contributed by atoms with Crippen molar-refractivity contribution in [1.82, 2.24) is 10.2 Å². The molecule has 4 heteroatoms. The van der Waals surface area contributed by atoms with Crippen molar-refractivity contribution < 1.29 is 4.79 Å². The number of carbonyl (C=O) groups is 1. The summed E-state index contributed by atoms with van der Waals surface area (Å²) in [6.07, 6.45) is 5.77. The normalized spacial score (nSPS) is 23.5. The minimum Gasteiger partial charge on any atom is -0.370 e. The lowest BCUT2D eigenvalue weighted by Gasteiger charge is -2.32. The van der Waals surface area contributed by atoms with Crippen LogP contribution >= 0.6 is 0 Å². The van der Waals surface area contributed by atoms with Crippen LogP contribution in [0.2, 0.25) is 0 Å². The van der Waals surface area contributed by atoms with Crippen molar-refractivity contribution in [3.05, 3.63) is 0 Å². The van der Waals surface area contributed by atoms with Crippen LogP contribution in [-0.4, -0.2) is 43.0 Å². The number of piperidine rings is 1. The van der Waals surface area contributed by atoms with Gasteiger partial charge in [0.2, 0.25) is 5.91 Å². The summed E-state index contributed by atoms with van der Waals surface area (Å²) >= 11 is 0. The lowest BCUT2D eigenvalue weighted by molar-refractivity contribution is -0.117. The fraction of sp³-hybridized carbons (Fsp3) is 0.917. The summed E-state index contributed by atoms with van der Waals surface area (Å²) in [5.41, 5.74) is 5.10. The third-order valence-electron chi connectivity index (χ3n) is 3.61. The zero-order valence-corrected chi connectivity index (χ0v) is 9.95. The van der Waals surface area contributed by atoms with E-state index in [4.69, 9.17) is 5.73 Å². The highest BCUT2D eigenvalue weighted by Gasteiger charge is 2.26. The minimum absolute atomic E-state index is 0.210. The molecule has 0 radical (unpaired) electrons. The van der Waals surface area contributed by atoms with Crippen LogP contribution < -0.4 is 11.1 Å². The lowest BCUT2D eigenvalue weighted by Crippen LogP contribution is -2.43. The van der Waals surface area contributed by atoms with Gasteiger partial charge >= 0.3 is 0 Å². The van der Waals surface area contributed by atoms with Crippen LogP contribution in [0.3, 0.4) is 0 Å². The smallest absolute Gasteiger partial charge is 0.218 e. The van der Waals surface area contributed by atoms with Crippen LogP contribution in [0, 0.1) is 5.92 Å². The lowest BCUT2D eigenvalue weighted by atomic mass is 10.0. The van der Waals surface area contributed by atoms with Crippen molar-refractivity contribution in [2.45, 2.75) is 38.1 Å². The van der Waals surface area contributed by atoms with E-state index in [1.54, 1.807) is 0 Å². The molecule has 92 valence electrons. The molecule has 16 heavy (non-hydrogen) atoms. The third kappa shape index (κ3) is 4.10. The first-order valence-electron chi connectivity index (χ1n) is 6.48. The molecule has 0 aromatic heterocycles. The third-order valence-corrected chi connectivity index (χ3v) is 3.61. The number of primary amides is 1. The number of amides is 1. The highest BCUT2D eigenvalue weighted by atomic mass is 16.1. The minimum atomic E-state index is -0.210. The van der Waals surface area contributed by atoms with Crippen molar-refractivity contribution in [2.24, 2.45) is 11.7 Å². The molecule has 1 heterocycles. The number of nitrogens with zero attached hydrogens (tertiary/aromatic N) is 1. The molecule has 1 amide bonds. The van der Waals surface area contributed by atoms with E-state index >= 15 is 0 Å². The van der Waals surface area contributed by atoms with E-state index in [1.165, 1.54) is 45.3 Å². The maximum atomic E-state index is 10.6. The van der Waals surface area contributed by atoms with Crippen LogP contribution in [0.25, 0.3) is 0 Å². The number of rotatable bonds is 6. The van der Waals surface area contributed by atoms with Gasteiger partial charge < -0.3 is 16.0 Å². The van der Waals surface area contributed by atoms with E-state index < -0.39 is 0 Å². The van der Waals surface area contributed by atoms with E-state index in [-0.39, 0.29) is 5.91 Å². The molecule has 0 aromatic carbocycles. The molecule has 0 bridgehead atoms. The summed E-state index contributed by atoms with van der Waals surface area (Å²) in [5.74, 6) is 0.790. The highest BCUT2D eigenvalue weighted by Crippen LogP contribution is 2.30. The Labute approximate surface area is 97.6 Å². The van der Waals surface area contributed by atoms with Gasteiger partial charge in [-0.2, -0.15) is 0 Å². The maximum absolute atomic E-state index is 10.6. The molecule has 1 aliphatic heterocycles. The van der Waals surface area contributed by atoms with Gasteiger partial charge in [0.1, 0.15) is 0 Å². The second-order valence-electron chi connectivity index (χ2n) is 5.19. The second-order valence-corrected chi connectivity index (χ2v) is 5.19. The maximum Gasteiger partial charge on any atom is 0.218 e. The second kappa shape index (κ2) is 5.64. The Morgan fingerprint density at radius 1 is 1.25 bits per heavy atom. The SMILES string of the molecule is NC(=O)CCNC1CCN(CC2CC2)CC1. The number of likely N-dealkylation sites (tertiary alicyclic amines) is 1. The molecule has 2 aliphatic rings. The van der Waals surface area contributed by atoms with Gasteiger partial charge in [-0.05, 0) is 44.7 Å². The molecule has 1 aliphatic carbocycles. The van der Waals surface area contributed by atoms with Crippen LogP contribution in [0.4, 0.5) is 0 Å². The predicted molar refractivity (Wildman–Crippen MR) is 64.0 cm³/mol. The van der Waals surface area contributed by atoms with E-state index in [2.05, 4.69) is 10.2 Å². The van der Waals surface area contributed by atoms with Gasteiger partial charge in [0.05, 0.1) is 0 Å². The number of nitrogens with two attached hydrogens (primary N) is 1. The molecule has 0 aromatic rings. The van der Waals surface area contributed by atoms with Gasteiger partial charge in [-0.1, -0.05) is 0 Å². The standard InChI is InChI=1S/C12H23N3O/c13-12(16)3-6-14-11-4-7-15(8-5-11)9-10-1-2-10/h10-11,14H,1-9H2,(H2,13,16). The first-order chi connectivity index (χ1) is 7.74. The van der Waals surface area contributed by atoms with E-state index in [9.17, 15) is 4.79 Å². The Hall–Kier alpha value is -0.610. The molecular weight excluding hydrogens is 202 g/mol. The van der Waals surface area contributed by atoms with Gasteiger partial charge in [-0.15, -0.1) is 0 Å². The monoisotopic (exact) mass is 225 g/mol. The van der Waals surface area contributed by atoms with E-state index in [0.717, 1.165) is 12.5 Å². The summed E-state index contributed by atoms with van der Waals surface area (Å²) in [6, 6.07) is 0.592. The van der Waals surface area contributed by atoms with Crippen LogP contribution in [0.15, 0.2) is 0 Å². The quantitative estimate of drug-likeness (QED) is 0.685. The van der Waals surface area contributed by atoms with Crippen LogP contribution in [-0.2, 0) is 4.79 Å².